The van der Waals surface area contributed by atoms with Crippen molar-refractivity contribution in [3.8, 4) is 0 Å². The lowest BCUT2D eigenvalue weighted by Crippen LogP contribution is -2.36. The number of nitrogens with one attached hydrogen (secondary N) is 1. The number of ether oxygens (including phenoxy) is 1. The zero-order valence-corrected chi connectivity index (χ0v) is 12.5. The Bertz CT molecular complexity index is 257. The molecule has 0 spiro atoms. The quantitative estimate of drug-likeness (QED) is 0.458. The molecule has 0 saturated heterocycles. The lowest BCUT2D eigenvalue weighted by molar-refractivity contribution is -0.143. The number of carbonyl (C=O) groups is 2. The van der Waals surface area contributed by atoms with Crippen molar-refractivity contribution in [2.45, 2.75) is 46.0 Å². The van der Waals surface area contributed by atoms with Gasteiger partial charge in [0.25, 0.3) is 0 Å². The molecule has 0 heterocycles. The molecular weight excluding hydrogens is 244 g/mol. The van der Waals surface area contributed by atoms with Crippen LogP contribution in [0.2, 0.25) is 0 Å². The summed E-state index contributed by atoms with van der Waals surface area (Å²) < 4.78 is 4.87. The molecule has 0 aromatic heterocycles. The molecule has 5 heteroatoms. The third-order valence-electron chi connectivity index (χ3n) is 2.85. The highest BCUT2D eigenvalue weighted by molar-refractivity contribution is 5.77. The monoisotopic (exact) mass is 272 g/mol. The fourth-order valence-electron chi connectivity index (χ4n) is 1.88. The van der Waals surface area contributed by atoms with Crippen molar-refractivity contribution < 1.29 is 14.3 Å². The normalized spacial score (nSPS) is 10.5. The molecule has 0 rings (SSSR count). The molecule has 0 saturated carbocycles. The van der Waals surface area contributed by atoms with Crippen molar-refractivity contribution in [3.05, 3.63) is 0 Å². The predicted octanol–water partition coefficient (Wildman–Crippen LogP) is 1.57. The Balaban J connectivity index is 3.69. The molecule has 0 aromatic rings. The maximum Gasteiger partial charge on any atom is 0.305 e. The summed E-state index contributed by atoms with van der Waals surface area (Å²) in [6.45, 7) is 6.68. The Kier molecular flexibility index (Phi) is 11.3. The van der Waals surface area contributed by atoms with Gasteiger partial charge in [-0.25, -0.2) is 0 Å². The van der Waals surface area contributed by atoms with E-state index >= 15 is 0 Å². The number of unbranched alkanes of at least 4 members (excludes halogenated alkanes) is 2. The van der Waals surface area contributed by atoms with E-state index in [0.717, 1.165) is 38.8 Å². The van der Waals surface area contributed by atoms with Crippen molar-refractivity contribution >= 4 is 11.9 Å². The number of hydrogen-bond acceptors (Lipinski definition) is 4. The van der Waals surface area contributed by atoms with Gasteiger partial charge in [0.1, 0.15) is 0 Å². The maximum atomic E-state index is 11.3. The molecule has 0 bridgehead atoms. The third kappa shape index (κ3) is 10.5. The van der Waals surface area contributed by atoms with Gasteiger partial charge in [0.15, 0.2) is 0 Å². The SMILES string of the molecule is CCCN(CCCCCC(=O)OCC)CC(=O)NC. The first-order valence-electron chi connectivity index (χ1n) is 7.22. The highest BCUT2D eigenvalue weighted by Gasteiger charge is 2.08. The Morgan fingerprint density at radius 3 is 2.42 bits per heavy atom. The maximum absolute atomic E-state index is 11.3. The Labute approximate surface area is 116 Å². The third-order valence-corrected chi connectivity index (χ3v) is 2.85. The van der Waals surface area contributed by atoms with Gasteiger partial charge in [-0.2, -0.15) is 0 Å². The molecule has 1 amide bonds. The first kappa shape index (κ1) is 17.9. The largest absolute Gasteiger partial charge is 0.466 e. The Morgan fingerprint density at radius 1 is 1.11 bits per heavy atom. The second kappa shape index (κ2) is 12.0. The molecule has 0 aliphatic carbocycles. The minimum absolute atomic E-state index is 0.0555. The number of esters is 1. The summed E-state index contributed by atoms with van der Waals surface area (Å²) in [6.07, 6.45) is 4.40. The number of hydrogen-bond donors (Lipinski definition) is 1. The van der Waals surface area contributed by atoms with Gasteiger partial charge in [0.2, 0.25) is 5.91 Å². The summed E-state index contributed by atoms with van der Waals surface area (Å²) in [7, 11) is 1.66. The van der Waals surface area contributed by atoms with Gasteiger partial charge >= 0.3 is 5.97 Å². The molecule has 0 radical (unpaired) electrons. The molecule has 0 atom stereocenters. The minimum atomic E-state index is -0.113. The van der Waals surface area contributed by atoms with E-state index in [2.05, 4.69) is 17.1 Å². The molecule has 19 heavy (non-hydrogen) atoms. The van der Waals surface area contributed by atoms with Gasteiger partial charge in [0.05, 0.1) is 13.2 Å². The van der Waals surface area contributed by atoms with Gasteiger partial charge in [0, 0.05) is 13.5 Å². The summed E-state index contributed by atoms with van der Waals surface area (Å²) in [5.74, 6) is -0.0572. The minimum Gasteiger partial charge on any atom is -0.466 e. The van der Waals surface area contributed by atoms with Crippen LogP contribution in [0.15, 0.2) is 0 Å². The van der Waals surface area contributed by atoms with Crippen LogP contribution >= 0.6 is 0 Å². The highest BCUT2D eigenvalue weighted by Crippen LogP contribution is 2.04. The van der Waals surface area contributed by atoms with Crippen LogP contribution in [0.25, 0.3) is 0 Å². The van der Waals surface area contributed by atoms with Crippen LogP contribution in [0, 0.1) is 0 Å². The predicted molar refractivity (Wildman–Crippen MR) is 75.9 cm³/mol. The van der Waals surface area contributed by atoms with Gasteiger partial charge in [-0.3, -0.25) is 14.5 Å². The van der Waals surface area contributed by atoms with E-state index in [1.807, 2.05) is 6.92 Å². The van der Waals surface area contributed by atoms with Crippen molar-refractivity contribution in [1.82, 2.24) is 10.2 Å². The van der Waals surface area contributed by atoms with E-state index in [-0.39, 0.29) is 11.9 Å². The number of rotatable bonds is 11. The van der Waals surface area contributed by atoms with Gasteiger partial charge < -0.3 is 10.1 Å². The van der Waals surface area contributed by atoms with Gasteiger partial charge in [-0.15, -0.1) is 0 Å². The molecule has 1 N–H and O–H groups in total. The fourth-order valence-corrected chi connectivity index (χ4v) is 1.88. The van der Waals surface area contributed by atoms with E-state index in [9.17, 15) is 9.59 Å². The molecule has 0 aliphatic rings. The molecular formula is C14H28N2O3. The van der Waals surface area contributed by atoms with E-state index in [4.69, 9.17) is 4.74 Å². The number of likely N-dealkylation sites (N-methyl/N-ethyl adjacent to an activating group) is 1. The lowest BCUT2D eigenvalue weighted by atomic mass is 10.2. The van der Waals surface area contributed by atoms with Crippen LogP contribution in [0.5, 0.6) is 0 Å². The van der Waals surface area contributed by atoms with Gasteiger partial charge in [-0.1, -0.05) is 13.3 Å². The van der Waals surface area contributed by atoms with Crippen LogP contribution in [-0.2, 0) is 14.3 Å². The van der Waals surface area contributed by atoms with Crippen LogP contribution in [0.4, 0.5) is 0 Å². The summed E-state index contributed by atoms with van der Waals surface area (Å²) >= 11 is 0. The zero-order chi connectivity index (χ0) is 14.5. The van der Waals surface area contributed by atoms with Crippen LogP contribution in [0.1, 0.15) is 46.0 Å². The summed E-state index contributed by atoms with van der Waals surface area (Å²) in [4.78, 5) is 24.6. The average Bonchev–Trinajstić information content (AvgIpc) is 2.38. The number of carbonyl (C=O) groups excluding carboxylic acids is 2. The van der Waals surface area contributed by atoms with Crippen LogP contribution in [-0.4, -0.2) is 50.1 Å². The lowest BCUT2D eigenvalue weighted by Gasteiger charge is -2.20. The molecule has 5 nitrogen and oxygen atoms in total. The number of amides is 1. The molecule has 0 aliphatic heterocycles. The van der Waals surface area contributed by atoms with E-state index in [0.29, 0.717) is 19.6 Å². The smallest absolute Gasteiger partial charge is 0.305 e. The molecule has 0 aromatic carbocycles. The fraction of sp³-hybridized carbons (Fsp3) is 0.857. The van der Waals surface area contributed by atoms with E-state index in [1.165, 1.54) is 0 Å². The second-order valence-corrected chi connectivity index (χ2v) is 4.57. The standard InChI is InChI=1S/C14H28N2O3/c1-4-10-16(12-13(17)15-3)11-8-6-7-9-14(18)19-5-2/h4-12H2,1-3H3,(H,15,17). The first-order chi connectivity index (χ1) is 9.13. The molecule has 112 valence electrons. The Morgan fingerprint density at radius 2 is 1.84 bits per heavy atom. The topological polar surface area (TPSA) is 58.6 Å². The van der Waals surface area contributed by atoms with Crippen LogP contribution in [0.3, 0.4) is 0 Å². The van der Waals surface area contributed by atoms with Crippen molar-refractivity contribution in [1.29, 1.82) is 0 Å². The van der Waals surface area contributed by atoms with Gasteiger partial charge in [-0.05, 0) is 39.3 Å². The average molecular weight is 272 g/mol. The molecule has 0 unspecified atom stereocenters. The van der Waals surface area contributed by atoms with Crippen molar-refractivity contribution in [2.75, 3.05) is 33.3 Å². The molecule has 0 fully saturated rings. The Hall–Kier alpha value is -1.10. The van der Waals surface area contributed by atoms with E-state index in [1.54, 1.807) is 7.05 Å². The zero-order valence-electron chi connectivity index (χ0n) is 12.5. The summed E-state index contributed by atoms with van der Waals surface area (Å²) in [5, 5.41) is 2.64. The summed E-state index contributed by atoms with van der Waals surface area (Å²) in [5.41, 5.74) is 0. The van der Waals surface area contributed by atoms with E-state index < -0.39 is 0 Å². The van der Waals surface area contributed by atoms with Crippen molar-refractivity contribution in [2.24, 2.45) is 0 Å². The first-order valence-corrected chi connectivity index (χ1v) is 7.22. The van der Waals surface area contributed by atoms with Crippen molar-refractivity contribution in [3.63, 3.8) is 0 Å². The van der Waals surface area contributed by atoms with Crippen LogP contribution < -0.4 is 5.32 Å². The number of nitrogens with zero attached hydrogens (tertiary/aromatic N) is 1. The highest BCUT2D eigenvalue weighted by atomic mass is 16.5. The second-order valence-electron chi connectivity index (χ2n) is 4.57. The summed E-state index contributed by atoms with van der Waals surface area (Å²) in [6, 6.07) is 0.